The summed E-state index contributed by atoms with van der Waals surface area (Å²) >= 11 is 0. The molecule has 2 aromatic carbocycles. The summed E-state index contributed by atoms with van der Waals surface area (Å²) in [6.45, 7) is -3.57. The smallest absolute Gasteiger partial charge is 0.387 e. The second-order valence-electron chi connectivity index (χ2n) is 5.33. The largest absolute Gasteiger partial charge is 0.493 e. The predicted molar refractivity (Wildman–Crippen MR) is 95.8 cm³/mol. The van der Waals surface area contributed by atoms with Crippen molar-refractivity contribution in [1.82, 2.24) is 0 Å². The Morgan fingerprint density at radius 3 is 2.32 bits per heavy atom. The summed E-state index contributed by atoms with van der Waals surface area (Å²) in [5.41, 5.74) is 0.0448. The maximum absolute atomic E-state index is 12.4. The van der Waals surface area contributed by atoms with Gasteiger partial charge in [-0.05, 0) is 24.3 Å². The number of rotatable bonds is 10. The van der Waals surface area contributed by atoms with Gasteiger partial charge in [0, 0.05) is 0 Å². The van der Waals surface area contributed by atoms with Crippen molar-refractivity contribution < 1.29 is 37.3 Å². The van der Waals surface area contributed by atoms with Crippen LogP contribution in [0.1, 0.15) is 6.42 Å². The molecule has 0 aliphatic rings. The van der Waals surface area contributed by atoms with Gasteiger partial charge in [-0.2, -0.15) is 8.78 Å². The van der Waals surface area contributed by atoms with E-state index in [0.717, 1.165) is 0 Å². The van der Waals surface area contributed by atoms with E-state index >= 15 is 0 Å². The van der Waals surface area contributed by atoms with E-state index in [0.29, 0.717) is 11.5 Å². The lowest BCUT2D eigenvalue weighted by Crippen LogP contribution is -2.22. The van der Waals surface area contributed by atoms with Gasteiger partial charge in [-0.15, -0.1) is 0 Å². The van der Waals surface area contributed by atoms with E-state index in [1.807, 2.05) is 0 Å². The molecule has 0 fully saturated rings. The maximum Gasteiger partial charge on any atom is 0.387 e. The summed E-state index contributed by atoms with van der Waals surface area (Å²) in [6, 6.07) is 12.6. The first kappa shape index (κ1) is 20.9. The number of para-hydroxylation sites is 4. The molecule has 9 heteroatoms. The van der Waals surface area contributed by atoms with Crippen molar-refractivity contribution >= 4 is 17.6 Å². The van der Waals surface area contributed by atoms with Crippen LogP contribution in [0.15, 0.2) is 48.5 Å². The molecule has 0 saturated heterocycles. The average molecular weight is 395 g/mol. The van der Waals surface area contributed by atoms with Crippen molar-refractivity contribution in [2.75, 3.05) is 25.6 Å². The molecular formula is C19H19F2NO6. The quantitative estimate of drug-likeness (QED) is 0.622. The number of nitrogens with one attached hydrogen (secondary N) is 1. The Morgan fingerprint density at radius 2 is 1.64 bits per heavy atom. The van der Waals surface area contributed by atoms with E-state index in [4.69, 9.17) is 14.2 Å². The van der Waals surface area contributed by atoms with Crippen molar-refractivity contribution in [2.45, 2.75) is 13.0 Å². The van der Waals surface area contributed by atoms with Crippen LogP contribution in [0.5, 0.6) is 17.2 Å². The Labute approximate surface area is 160 Å². The summed E-state index contributed by atoms with van der Waals surface area (Å²) < 4.78 is 44.4. The van der Waals surface area contributed by atoms with Crippen LogP contribution in [0.4, 0.5) is 14.5 Å². The van der Waals surface area contributed by atoms with Gasteiger partial charge < -0.3 is 24.3 Å². The standard InChI is InChI=1S/C19H19F2NO6/c1-25-15-8-4-5-9-16(15)26-11-10-18(24)27-12-17(23)22-13-6-2-3-7-14(13)28-19(20)21/h2-9,19H,10-12H2,1H3,(H,22,23). The molecular weight excluding hydrogens is 376 g/mol. The molecule has 0 unspecified atom stereocenters. The molecule has 0 bridgehead atoms. The second kappa shape index (κ2) is 10.7. The van der Waals surface area contributed by atoms with Crippen LogP contribution in [0.25, 0.3) is 0 Å². The third kappa shape index (κ3) is 6.75. The van der Waals surface area contributed by atoms with Gasteiger partial charge in [0.15, 0.2) is 18.1 Å². The molecule has 7 nitrogen and oxygen atoms in total. The zero-order valence-corrected chi connectivity index (χ0v) is 15.0. The number of methoxy groups -OCH3 is 1. The molecule has 150 valence electrons. The highest BCUT2D eigenvalue weighted by Crippen LogP contribution is 2.26. The molecule has 28 heavy (non-hydrogen) atoms. The minimum atomic E-state index is -3.03. The summed E-state index contributed by atoms with van der Waals surface area (Å²) in [6.07, 6.45) is -0.0869. The van der Waals surface area contributed by atoms with Gasteiger partial charge in [0.25, 0.3) is 5.91 Å². The van der Waals surface area contributed by atoms with Crippen LogP contribution in [-0.2, 0) is 14.3 Å². The number of carbonyl (C=O) groups is 2. The highest BCUT2D eigenvalue weighted by Gasteiger charge is 2.13. The van der Waals surface area contributed by atoms with E-state index in [2.05, 4.69) is 10.1 Å². The summed E-state index contributed by atoms with van der Waals surface area (Å²) in [4.78, 5) is 23.6. The first-order valence-electron chi connectivity index (χ1n) is 8.24. The first-order valence-corrected chi connectivity index (χ1v) is 8.24. The second-order valence-corrected chi connectivity index (χ2v) is 5.33. The van der Waals surface area contributed by atoms with Gasteiger partial charge in [0.05, 0.1) is 25.8 Å². The third-order valence-corrected chi connectivity index (χ3v) is 3.37. The molecule has 1 N–H and O–H groups in total. The predicted octanol–water partition coefficient (Wildman–Crippen LogP) is 3.25. The van der Waals surface area contributed by atoms with Crippen LogP contribution in [0.2, 0.25) is 0 Å². The molecule has 0 spiro atoms. The SMILES string of the molecule is COc1ccccc1OCCC(=O)OCC(=O)Nc1ccccc1OC(F)F. The van der Waals surface area contributed by atoms with E-state index < -0.39 is 25.1 Å². The van der Waals surface area contributed by atoms with E-state index in [1.54, 1.807) is 24.3 Å². The lowest BCUT2D eigenvalue weighted by Gasteiger charge is -2.12. The Morgan fingerprint density at radius 1 is 1.00 bits per heavy atom. The number of halogens is 2. The normalized spacial score (nSPS) is 10.3. The third-order valence-electron chi connectivity index (χ3n) is 3.37. The van der Waals surface area contributed by atoms with Crippen LogP contribution in [0.3, 0.4) is 0 Å². The molecule has 0 aliphatic carbocycles. The minimum Gasteiger partial charge on any atom is -0.493 e. The Kier molecular flexibility index (Phi) is 8.01. The highest BCUT2D eigenvalue weighted by molar-refractivity contribution is 5.94. The van der Waals surface area contributed by atoms with Crippen molar-refractivity contribution in [2.24, 2.45) is 0 Å². The molecule has 0 atom stereocenters. The number of esters is 1. The van der Waals surface area contributed by atoms with Crippen molar-refractivity contribution in [3.8, 4) is 17.2 Å². The van der Waals surface area contributed by atoms with Gasteiger partial charge in [-0.1, -0.05) is 24.3 Å². The number of benzene rings is 2. The zero-order valence-electron chi connectivity index (χ0n) is 15.0. The number of hydrogen-bond acceptors (Lipinski definition) is 6. The lowest BCUT2D eigenvalue weighted by atomic mass is 10.3. The van der Waals surface area contributed by atoms with Gasteiger partial charge in [0.1, 0.15) is 5.75 Å². The van der Waals surface area contributed by atoms with Crippen molar-refractivity contribution in [3.63, 3.8) is 0 Å². The monoisotopic (exact) mass is 395 g/mol. The average Bonchev–Trinajstić information content (AvgIpc) is 2.68. The fourth-order valence-corrected chi connectivity index (χ4v) is 2.16. The van der Waals surface area contributed by atoms with Gasteiger partial charge >= 0.3 is 12.6 Å². The van der Waals surface area contributed by atoms with Crippen molar-refractivity contribution in [3.05, 3.63) is 48.5 Å². The lowest BCUT2D eigenvalue weighted by molar-refractivity contribution is -0.147. The molecule has 0 saturated carbocycles. The maximum atomic E-state index is 12.4. The highest BCUT2D eigenvalue weighted by atomic mass is 19.3. The summed E-state index contributed by atoms with van der Waals surface area (Å²) in [5, 5.41) is 2.35. The van der Waals surface area contributed by atoms with Crippen molar-refractivity contribution in [1.29, 1.82) is 0 Å². The topological polar surface area (TPSA) is 83.1 Å². The van der Waals surface area contributed by atoms with Gasteiger partial charge in [0.2, 0.25) is 0 Å². The zero-order chi connectivity index (χ0) is 20.4. The molecule has 0 aromatic heterocycles. The summed E-state index contributed by atoms with van der Waals surface area (Å²) in [7, 11) is 1.50. The molecule has 0 heterocycles. The van der Waals surface area contributed by atoms with E-state index in [1.165, 1.54) is 31.4 Å². The Bertz CT molecular complexity index is 799. The number of amides is 1. The van der Waals surface area contributed by atoms with Gasteiger partial charge in [-0.25, -0.2) is 0 Å². The number of anilines is 1. The fourth-order valence-electron chi connectivity index (χ4n) is 2.16. The van der Waals surface area contributed by atoms with Crippen LogP contribution < -0.4 is 19.5 Å². The molecule has 0 radical (unpaired) electrons. The van der Waals surface area contributed by atoms with Gasteiger partial charge in [-0.3, -0.25) is 9.59 Å². The number of carbonyl (C=O) groups excluding carboxylic acids is 2. The Balaban J connectivity index is 1.75. The fraction of sp³-hybridized carbons (Fsp3) is 0.263. The number of hydrogen-bond donors (Lipinski definition) is 1. The molecule has 1 amide bonds. The summed E-state index contributed by atoms with van der Waals surface area (Å²) in [5.74, 6) is -0.528. The van der Waals surface area contributed by atoms with E-state index in [9.17, 15) is 18.4 Å². The minimum absolute atomic E-state index is 0.0336. The van der Waals surface area contributed by atoms with Crippen LogP contribution >= 0.6 is 0 Å². The number of ether oxygens (including phenoxy) is 4. The first-order chi connectivity index (χ1) is 13.5. The van der Waals surface area contributed by atoms with E-state index in [-0.39, 0.29) is 24.5 Å². The Hall–Kier alpha value is -3.36. The molecule has 0 aliphatic heterocycles. The van der Waals surface area contributed by atoms with Crippen LogP contribution in [0, 0.1) is 0 Å². The number of alkyl halides is 2. The molecule has 2 aromatic rings. The molecule has 2 rings (SSSR count). The van der Waals surface area contributed by atoms with Crippen LogP contribution in [-0.4, -0.2) is 38.8 Å².